The highest BCUT2D eigenvalue weighted by Gasteiger charge is 2.58. The maximum Gasteiger partial charge on any atom is 0.410 e. The van der Waals surface area contributed by atoms with E-state index >= 15 is 0 Å². The van der Waals surface area contributed by atoms with Crippen LogP contribution in [-0.4, -0.2) is 70.6 Å². The van der Waals surface area contributed by atoms with Crippen LogP contribution in [-0.2, 0) is 15.9 Å². The summed E-state index contributed by atoms with van der Waals surface area (Å²) in [5.41, 5.74) is 0.911. The first-order valence-electron chi connectivity index (χ1n) is 20.4. The topological polar surface area (TPSA) is 96.3 Å². The standard InChI is InChI=1S/C45H61F2NO6/c1-28(2)35-15-11-30(4)22-41(35)54-43(51)48(26-34-9-7-21-53-34)27-45(52)20-18-38-36-16-12-31(23-33(49)14-10-29(3)8-6-19-44(38,45)5)24-37(36)42(50)32-13-17-39(46)40(47)25-32/h8,12-13,16-17,24-25,28,30,33-35,38,41,49,52H,6-7,9-11,14-15,18-23,26-27H2,1-5H3/t30-,33-,34+,35+,38-,41-,44-,45+/m0/s1. The largest absolute Gasteiger partial charge is 0.446 e. The van der Waals surface area contributed by atoms with Crippen LogP contribution in [0.1, 0.15) is 138 Å². The molecule has 7 nitrogen and oxygen atoms in total. The number of aliphatic hydroxyl groups excluding tert-OH is 1. The van der Waals surface area contributed by atoms with Crippen LogP contribution in [0.2, 0.25) is 0 Å². The van der Waals surface area contributed by atoms with Gasteiger partial charge in [0.2, 0.25) is 0 Å². The Bertz CT molecular complexity index is 1690. The highest BCUT2D eigenvalue weighted by atomic mass is 19.2. The van der Waals surface area contributed by atoms with Crippen molar-refractivity contribution in [3.8, 4) is 0 Å². The molecule has 7 rings (SSSR count). The molecule has 54 heavy (non-hydrogen) atoms. The predicted molar refractivity (Wildman–Crippen MR) is 205 cm³/mol. The van der Waals surface area contributed by atoms with Gasteiger partial charge in [-0.1, -0.05) is 57.9 Å². The molecule has 2 N–H and O–H groups in total. The van der Waals surface area contributed by atoms with E-state index in [-0.39, 0.29) is 36.2 Å². The van der Waals surface area contributed by atoms with Gasteiger partial charge >= 0.3 is 6.09 Å². The molecule has 1 saturated heterocycles. The summed E-state index contributed by atoms with van der Waals surface area (Å²) in [7, 11) is 0. The smallest absolute Gasteiger partial charge is 0.410 e. The van der Waals surface area contributed by atoms with Gasteiger partial charge in [-0.15, -0.1) is 0 Å². The molecule has 0 radical (unpaired) electrons. The monoisotopic (exact) mass is 749 g/mol. The quantitative estimate of drug-likeness (QED) is 0.206. The van der Waals surface area contributed by atoms with Crippen LogP contribution in [0.15, 0.2) is 48.0 Å². The van der Waals surface area contributed by atoms with Crippen molar-refractivity contribution in [2.24, 2.45) is 23.2 Å². The molecule has 0 unspecified atom stereocenters. The van der Waals surface area contributed by atoms with Crippen molar-refractivity contribution in [2.75, 3.05) is 19.7 Å². The Kier molecular flexibility index (Phi) is 12.7. The number of ether oxygens (including phenoxy) is 2. The molecular formula is C45H61F2NO6. The summed E-state index contributed by atoms with van der Waals surface area (Å²) >= 11 is 0. The lowest BCUT2D eigenvalue weighted by Crippen LogP contribution is -2.55. The molecule has 8 atom stereocenters. The van der Waals surface area contributed by atoms with E-state index in [1.54, 1.807) is 11.0 Å². The predicted octanol–water partition coefficient (Wildman–Crippen LogP) is 9.31. The summed E-state index contributed by atoms with van der Waals surface area (Å²) in [6.07, 6.45) is 9.30. The van der Waals surface area contributed by atoms with Crippen molar-refractivity contribution < 1.29 is 38.1 Å². The highest BCUT2D eigenvalue weighted by Crippen LogP contribution is 2.59. The minimum atomic E-state index is -1.34. The lowest BCUT2D eigenvalue weighted by atomic mass is 9.64. The number of fused-ring (bicyclic) bond motifs is 8. The number of rotatable bonds is 8. The fraction of sp³-hybridized carbons (Fsp3) is 0.644. The van der Waals surface area contributed by atoms with Crippen LogP contribution in [0.5, 0.6) is 0 Å². The molecule has 5 aliphatic rings. The van der Waals surface area contributed by atoms with Gasteiger partial charge in [0, 0.05) is 23.1 Å². The number of hydrogen-bond acceptors (Lipinski definition) is 6. The molecule has 2 aromatic rings. The Labute approximate surface area is 320 Å². The number of amides is 1. The molecule has 1 amide bonds. The normalized spacial score (nSPS) is 31.9. The molecule has 0 spiro atoms. The third kappa shape index (κ3) is 8.79. The van der Waals surface area contributed by atoms with Crippen molar-refractivity contribution in [1.29, 1.82) is 0 Å². The van der Waals surface area contributed by atoms with Crippen LogP contribution in [0.25, 0.3) is 0 Å². The fourth-order valence-corrected chi connectivity index (χ4v) is 10.00. The van der Waals surface area contributed by atoms with Crippen LogP contribution in [0.4, 0.5) is 13.6 Å². The second kappa shape index (κ2) is 16.9. The Morgan fingerprint density at radius 2 is 1.83 bits per heavy atom. The number of aliphatic hydroxyl groups is 2. The number of allylic oxidation sites excluding steroid dienone is 2. The number of ketones is 1. The first-order valence-corrected chi connectivity index (χ1v) is 20.4. The Hall–Kier alpha value is -3.14. The number of benzene rings is 2. The van der Waals surface area contributed by atoms with Gasteiger partial charge in [0.15, 0.2) is 17.4 Å². The van der Waals surface area contributed by atoms with Crippen molar-refractivity contribution in [1.82, 2.24) is 4.90 Å². The summed E-state index contributed by atoms with van der Waals surface area (Å²) in [4.78, 5) is 30.3. The van der Waals surface area contributed by atoms with Crippen molar-refractivity contribution in [2.45, 2.75) is 141 Å². The summed E-state index contributed by atoms with van der Waals surface area (Å²) < 4.78 is 40.9. The summed E-state index contributed by atoms with van der Waals surface area (Å²) in [6, 6.07) is 8.84. The summed E-state index contributed by atoms with van der Waals surface area (Å²) in [6.45, 7) is 11.8. The van der Waals surface area contributed by atoms with E-state index in [1.807, 2.05) is 12.1 Å². The van der Waals surface area contributed by atoms with Gasteiger partial charge < -0.3 is 24.6 Å². The molecule has 1 heterocycles. The second-order valence-electron chi connectivity index (χ2n) is 17.7. The number of nitrogens with zero attached hydrogens (tertiary/aromatic N) is 1. The Balaban J connectivity index is 1.38. The minimum Gasteiger partial charge on any atom is -0.446 e. The SMILES string of the molecule is CC1=CCC[C@@]2(C)[C@@H](CC[C@@]2(O)CN(C[C@H]2CCCO2)C(=O)O[C@H]2C[C@@H](C)CC[C@@H]2C(C)C)c2ccc(cc2C(=O)c2ccc(F)c(F)c2)C[C@@H](O)CC1. The Morgan fingerprint density at radius 1 is 1.04 bits per heavy atom. The maximum atomic E-state index is 14.5. The lowest BCUT2D eigenvalue weighted by molar-refractivity contribution is -0.0908. The molecule has 1 aliphatic heterocycles. The lowest BCUT2D eigenvalue weighted by Gasteiger charge is -2.46. The summed E-state index contributed by atoms with van der Waals surface area (Å²) in [5.74, 6) is -1.76. The van der Waals surface area contributed by atoms with Gasteiger partial charge in [-0.25, -0.2) is 13.6 Å². The van der Waals surface area contributed by atoms with E-state index in [9.17, 15) is 28.6 Å². The average molecular weight is 750 g/mol. The zero-order chi connectivity index (χ0) is 38.8. The third-order valence-corrected chi connectivity index (χ3v) is 13.5. The molecule has 4 aliphatic carbocycles. The van der Waals surface area contributed by atoms with Crippen molar-refractivity contribution >= 4 is 11.9 Å². The molecule has 2 saturated carbocycles. The zero-order valence-electron chi connectivity index (χ0n) is 32.9. The van der Waals surface area contributed by atoms with Gasteiger partial charge in [-0.05, 0) is 137 Å². The van der Waals surface area contributed by atoms with E-state index in [0.717, 1.165) is 55.4 Å². The van der Waals surface area contributed by atoms with Crippen LogP contribution < -0.4 is 0 Å². The second-order valence-corrected chi connectivity index (χ2v) is 17.7. The number of carbonyl (C=O) groups excluding carboxylic acids is 2. The van der Waals surface area contributed by atoms with Crippen LogP contribution >= 0.6 is 0 Å². The van der Waals surface area contributed by atoms with Gasteiger partial charge in [-0.3, -0.25) is 4.79 Å². The molecule has 9 heteroatoms. The van der Waals surface area contributed by atoms with Gasteiger partial charge in [0.25, 0.3) is 0 Å². The first-order chi connectivity index (χ1) is 25.7. The molecule has 0 aromatic heterocycles. The fourth-order valence-electron chi connectivity index (χ4n) is 10.00. The van der Waals surface area contributed by atoms with E-state index in [2.05, 4.69) is 40.7 Å². The van der Waals surface area contributed by atoms with Gasteiger partial charge in [0.1, 0.15) is 6.10 Å². The summed E-state index contributed by atoms with van der Waals surface area (Å²) in [5, 5.41) is 24.0. The number of halogens is 2. The van der Waals surface area contributed by atoms with E-state index in [0.29, 0.717) is 75.5 Å². The van der Waals surface area contributed by atoms with Crippen molar-refractivity contribution in [3.63, 3.8) is 0 Å². The number of hydrogen-bond donors (Lipinski definition) is 2. The molecule has 2 aromatic carbocycles. The first kappa shape index (κ1) is 40.5. The van der Waals surface area contributed by atoms with Gasteiger partial charge in [0.05, 0.1) is 30.9 Å². The maximum absolute atomic E-state index is 14.5. The molecule has 3 fully saturated rings. The van der Waals surface area contributed by atoms with Crippen molar-refractivity contribution in [3.05, 3.63) is 81.9 Å². The average Bonchev–Trinajstić information content (AvgIpc) is 3.73. The van der Waals surface area contributed by atoms with E-state index in [4.69, 9.17) is 9.47 Å². The Morgan fingerprint density at radius 3 is 2.56 bits per heavy atom. The zero-order valence-corrected chi connectivity index (χ0v) is 32.9. The molecule has 296 valence electrons. The van der Waals surface area contributed by atoms with E-state index in [1.165, 1.54) is 11.6 Å². The highest BCUT2D eigenvalue weighted by molar-refractivity contribution is 6.10. The third-order valence-electron chi connectivity index (χ3n) is 13.5. The van der Waals surface area contributed by atoms with E-state index < -0.39 is 40.6 Å². The van der Waals surface area contributed by atoms with Crippen LogP contribution in [0, 0.1) is 34.8 Å². The van der Waals surface area contributed by atoms with Gasteiger partial charge in [-0.2, -0.15) is 0 Å². The minimum absolute atomic E-state index is 0.0321. The number of carbonyl (C=O) groups is 2. The van der Waals surface area contributed by atoms with Crippen LogP contribution in [0.3, 0.4) is 0 Å². The molecular weight excluding hydrogens is 688 g/mol. The molecule has 2 bridgehead atoms.